The van der Waals surface area contributed by atoms with E-state index in [0.717, 1.165) is 38.5 Å². The van der Waals surface area contributed by atoms with E-state index in [-0.39, 0.29) is 18.5 Å². The minimum atomic E-state index is -0.0158. The molecule has 1 N–H and O–H groups in total. The van der Waals surface area contributed by atoms with Gasteiger partial charge >= 0.3 is 5.97 Å². The van der Waals surface area contributed by atoms with Crippen molar-refractivity contribution in [1.29, 1.82) is 0 Å². The molecule has 3 nitrogen and oxygen atoms in total. The third kappa shape index (κ3) is 5.53. The minimum absolute atomic E-state index is 0.0158. The highest BCUT2D eigenvalue weighted by Gasteiger charge is 2.26. The summed E-state index contributed by atoms with van der Waals surface area (Å²) in [6.07, 6.45) is 8.28. The lowest BCUT2D eigenvalue weighted by atomic mass is 9.82. The Balaban J connectivity index is 2.08. The topological polar surface area (TPSA) is 46.5 Å². The van der Waals surface area contributed by atoms with Gasteiger partial charge in [0.25, 0.3) is 0 Å². The van der Waals surface area contributed by atoms with Gasteiger partial charge in [0, 0.05) is 6.61 Å². The average Bonchev–Trinajstić information content (AvgIpc) is 2.38. The van der Waals surface area contributed by atoms with Gasteiger partial charge in [-0.25, -0.2) is 0 Å². The van der Waals surface area contributed by atoms with Crippen molar-refractivity contribution in [2.24, 2.45) is 11.8 Å². The summed E-state index contributed by atoms with van der Waals surface area (Å²) in [6.45, 7) is 3.02. The summed E-state index contributed by atoms with van der Waals surface area (Å²) < 4.78 is 5.30. The number of unbranched alkanes of at least 4 members (excludes halogenated alkanes) is 3. The van der Waals surface area contributed by atoms with Crippen molar-refractivity contribution in [1.82, 2.24) is 0 Å². The molecule has 1 aliphatic rings. The largest absolute Gasteiger partial charge is 0.465 e. The van der Waals surface area contributed by atoms with Crippen LogP contribution in [0.4, 0.5) is 0 Å². The maximum Gasteiger partial charge on any atom is 0.308 e. The van der Waals surface area contributed by atoms with Gasteiger partial charge in [0.2, 0.25) is 0 Å². The first-order valence-electron chi connectivity index (χ1n) is 7.05. The van der Waals surface area contributed by atoms with Gasteiger partial charge < -0.3 is 9.84 Å². The maximum atomic E-state index is 11.7. The molecule has 0 unspecified atom stereocenters. The van der Waals surface area contributed by atoms with Crippen LogP contribution in [0.2, 0.25) is 0 Å². The Hall–Kier alpha value is -0.570. The monoisotopic (exact) mass is 242 g/mol. The fourth-order valence-electron chi connectivity index (χ4n) is 2.40. The first kappa shape index (κ1) is 14.5. The lowest BCUT2D eigenvalue weighted by Gasteiger charge is -2.25. The summed E-state index contributed by atoms with van der Waals surface area (Å²) in [5.41, 5.74) is 0. The van der Waals surface area contributed by atoms with E-state index in [2.05, 4.69) is 6.92 Å². The molecule has 0 saturated heterocycles. The molecule has 0 heterocycles. The molecule has 1 aliphatic carbocycles. The van der Waals surface area contributed by atoms with Gasteiger partial charge in [-0.2, -0.15) is 0 Å². The van der Waals surface area contributed by atoms with Crippen molar-refractivity contribution in [3.05, 3.63) is 0 Å². The first-order chi connectivity index (χ1) is 8.27. The van der Waals surface area contributed by atoms with Gasteiger partial charge in [-0.05, 0) is 38.0 Å². The predicted octanol–water partition coefficient (Wildman–Crippen LogP) is 2.91. The third-order valence-corrected chi connectivity index (χ3v) is 3.68. The van der Waals surface area contributed by atoms with Gasteiger partial charge in [-0.15, -0.1) is 0 Å². The standard InChI is InChI=1S/C14H26O3/c1-2-3-4-5-10-17-14(16)13-8-6-12(11-15)7-9-13/h12-13,15H,2-11H2,1H3. The number of esters is 1. The Kier molecular flexibility index (Phi) is 7.25. The zero-order chi connectivity index (χ0) is 12.5. The molecule has 100 valence electrons. The van der Waals surface area contributed by atoms with Crippen LogP contribution < -0.4 is 0 Å². The number of aliphatic hydroxyl groups excluding tert-OH is 1. The fourth-order valence-corrected chi connectivity index (χ4v) is 2.40. The Labute approximate surface area is 105 Å². The van der Waals surface area contributed by atoms with Crippen molar-refractivity contribution >= 4 is 5.97 Å². The van der Waals surface area contributed by atoms with E-state index in [1.807, 2.05) is 0 Å². The normalized spacial score (nSPS) is 24.6. The van der Waals surface area contributed by atoms with Crippen LogP contribution in [0.15, 0.2) is 0 Å². The molecule has 3 heteroatoms. The van der Waals surface area contributed by atoms with Crippen LogP contribution in [-0.2, 0) is 9.53 Å². The molecule has 0 spiro atoms. The molecule has 0 radical (unpaired) electrons. The van der Waals surface area contributed by atoms with E-state index in [9.17, 15) is 4.79 Å². The van der Waals surface area contributed by atoms with E-state index in [1.165, 1.54) is 12.8 Å². The molecule has 0 aliphatic heterocycles. The molecule has 1 rings (SSSR count). The van der Waals surface area contributed by atoms with Crippen molar-refractivity contribution < 1.29 is 14.6 Å². The summed E-state index contributed by atoms with van der Waals surface area (Å²) in [7, 11) is 0. The highest BCUT2D eigenvalue weighted by molar-refractivity contribution is 5.72. The summed E-state index contributed by atoms with van der Waals surface area (Å²) in [5, 5.41) is 9.02. The molecular weight excluding hydrogens is 216 g/mol. The van der Waals surface area contributed by atoms with Crippen LogP contribution in [0, 0.1) is 11.8 Å². The molecule has 0 aromatic heterocycles. The number of carbonyl (C=O) groups excluding carboxylic acids is 1. The molecule has 0 amide bonds. The number of hydrogen-bond donors (Lipinski definition) is 1. The number of carbonyl (C=O) groups is 1. The summed E-state index contributed by atoms with van der Waals surface area (Å²) >= 11 is 0. The van der Waals surface area contributed by atoms with Crippen LogP contribution in [0.5, 0.6) is 0 Å². The molecule has 0 aromatic rings. The van der Waals surface area contributed by atoms with Crippen molar-refractivity contribution in [2.75, 3.05) is 13.2 Å². The van der Waals surface area contributed by atoms with Crippen LogP contribution in [0.25, 0.3) is 0 Å². The first-order valence-corrected chi connectivity index (χ1v) is 7.05. The van der Waals surface area contributed by atoms with Crippen LogP contribution in [0.3, 0.4) is 0 Å². The predicted molar refractivity (Wildman–Crippen MR) is 67.6 cm³/mol. The average molecular weight is 242 g/mol. The van der Waals surface area contributed by atoms with E-state index in [4.69, 9.17) is 9.84 Å². The van der Waals surface area contributed by atoms with E-state index >= 15 is 0 Å². The fraction of sp³-hybridized carbons (Fsp3) is 0.929. The van der Waals surface area contributed by atoms with Crippen LogP contribution in [0.1, 0.15) is 58.3 Å². The molecule has 0 bridgehead atoms. The number of aliphatic hydroxyl groups is 1. The molecule has 17 heavy (non-hydrogen) atoms. The zero-order valence-corrected chi connectivity index (χ0v) is 11.0. The molecule has 0 atom stereocenters. The van der Waals surface area contributed by atoms with Gasteiger partial charge in [0.05, 0.1) is 12.5 Å². The Morgan fingerprint density at radius 3 is 2.47 bits per heavy atom. The quantitative estimate of drug-likeness (QED) is 0.551. The maximum absolute atomic E-state index is 11.7. The third-order valence-electron chi connectivity index (χ3n) is 3.68. The van der Waals surface area contributed by atoms with Gasteiger partial charge in [-0.3, -0.25) is 4.79 Å². The van der Waals surface area contributed by atoms with Gasteiger partial charge in [0.15, 0.2) is 0 Å². The van der Waals surface area contributed by atoms with Gasteiger partial charge in [0.1, 0.15) is 0 Å². The number of ether oxygens (including phenoxy) is 1. The summed E-state index contributed by atoms with van der Waals surface area (Å²) in [5.74, 6) is 0.477. The lowest BCUT2D eigenvalue weighted by molar-refractivity contribution is -0.150. The Bertz CT molecular complexity index is 208. The van der Waals surface area contributed by atoms with Crippen LogP contribution in [-0.4, -0.2) is 24.3 Å². The Morgan fingerprint density at radius 1 is 1.18 bits per heavy atom. The molecule has 1 fully saturated rings. The Morgan fingerprint density at radius 2 is 1.88 bits per heavy atom. The molecule has 1 saturated carbocycles. The SMILES string of the molecule is CCCCCCOC(=O)C1CCC(CO)CC1. The number of hydrogen-bond acceptors (Lipinski definition) is 3. The number of rotatable bonds is 7. The van der Waals surface area contributed by atoms with E-state index in [1.54, 1.807) is 0 Å². The van der Waals surface area contributed by atoms with Crippen molar-refractivity contribution in [2.45, 2.75) is 58.3 Å². The smallest absolute Gasteiger partial charge is 0.308 e. The summed E-state index contributed by atoms with van der Waals surface area (Å²) in [4.78, 5) is 11.7. The van der Waals surface area contributed by atoms with Gasteiger partial charge in [-0.1, -0.05) is 26.2 Å². The highest BCUT2D eigenvalue weighted by Crippen LogP contribution is 2.29. The van der Waals surface area contributed by atoms with Crippen molar-refractivity contribution in [3.63, 3.8) is 0 Å². The zero-order valence-electron chi connectivity index (χ0n) is 11.0. The van der Waals surface area contributed by atoms with Crippen LogP contribution >= 0.6 is 0 Å². The highest BCUT2D eigenvalue weighted by atomic mass is 16.5. The molecular formula is C14H26O3. The second-order valence-electron chi connectivity index (χ2n) is 5.13. The lowest BCUT2D eigenvalue weighted by Crippen LogP contribution is -2.25. The van der Waals surface area contributed by atoms with Crippen molar-refractivity contribution in [3.8, 4) is 0 Å². The second kappa shape index (κ2) is 8.51. The summed E-state index contributed by atoms with van der Waals surface area (Å²) in [6, 6.07) is 0. The van der Waals surface area contributed by atoms with E-state index < -0.39 is 0 Å². The van der Waals surface area contributed by atoms with E-state index in [0.29, 0.717) is 12.5 Å². The molecule has 0 aromatic carbocycles. The minimum Gasteiger partial charge on any atom is -0.465 e. The second-order valence-corrected chi connectivity index (χ2v) is 5.13.